The summed E-state index contributed by atoms with van der Waals surface area (Å²) in [7, 11) is 0. The van der Waals surface area contributed by atoms with Gasteiger partial charge in [-0.05, 0) is 31.5 Å². The van der Waals surface area contributed by atoms with Crippen molar-refractivity contribution in [3.8, 4) is 0 Å². The van der Waals surface area contributed by atoms with Gasteiger partial charge in [-0.2, -0.15) is 0 Å². The summed E-state index contributed by atoms with van der Waals surface area (Å²) in [5.74, 6) is 0. The fourth-order valence-electron chi connectivity index (χ4n) is 1.72. The number of ether oxygens (including phenoxy) is 1. The molecule has 90 valence electrons. The Hall–Kier alpha value is -1.61. The lowest BCUT2D eigenvalue weighted by Gasteiger charge is -2.12. The van der Waals surface area contributed by atoms with Crippen molar-refractivity contribution in [3.05, 3.63) is 36.0 Å². The van der Waals surface area contributed by atoms with Gasteiger partial charge >= 0.3 is 0 Å². The van der Waals surface area contributed by atoms with Gasteiger partial charge in [-0.3, -0.25) is 4.98 Å². The number of nitrogen functional groups attached to an aromatic ring is 1. The molecule has 0 amide bonds. The number of hydrogen-bond donors (Lipinski definition) is 1. The molecule has 0 saturated heterocycles. The van der Waals surface area contributed by atoms with Crippen molar-refractivity contribution in [1.29, 1.82) is 0 Å². The van der Waals surface area contributed by atoms with Crippen LogP contribution < -0.4 is 5.73 Å². The van der Waals surface area contributed by atoms with E-state index < -0.39 is 0 Å². The standard InChI is InChI=1S/C14H18N2O/c1-3-10(2)17-9-11-6-7-13(15)12-5-4-8-16-14(11)12/h4-8,10H,3,9,15H2,1-2H3. The van der Waals surface area contributed by atoms with E-state index in [-0.39, 0.29) is 6.10 Å². The van der Waals surface area contributed by atoms with Gasteiger partial charge in [0.1, 0.15) is 0 Å². The van der Waals surface area contributed by atoms with Gasteiger partial charge in [0.15, 0.2) is 0 Å². The van der Waals surface area contributed by atoms with Crippen molar-refractivity contribution in [3.63, 3.8) is 0 Å². The predicted molar refractivity (Wildman–Crippen MR) is 70.7 cm³/mol. The van der Waals surface area contributed by atoms with E-state index in [2.05, 4.69) is 18.8 Å². The number of nitrogens with zero attached hydrogens (tertiary/aromatic N) is 1. The summed E-state index contributed by atoms with van der Waals surface area (Å²) in [6.45, 7) is 4.78. The minimum absolute atomic E-state index is 0.270. The van der Waals surface area contributed by atoms with Gasteiger partial charge in [-0.1, -0.05) is 13.0 Å². The molecule has 3 nitrogen and oxygen atoms in total. The summed E-state index contributed by atoms with van der Waals surface area (Å²) >= 11 is 0. The van der Waals surface area contributed by atoms with Crippen molar-refractivity contribution in [2.75, 3.05) is 5.73 Å². The van der Waals surface area contributed by atoms with Gasteiger partial charge in [0, 0.05) is 22.8 Å². The van der Waals surface area contributed by atoms with Crippen molar-refractivity contribution >= 4 is 16.6 Å². The maximum atomic E-state index is 5.93. The molecule has 1 atom stereocenters. The zero-order valence-electron chi connectivity index (χ0n) is 10.3. The van der Waals surface area contributed by atoms with E-state index in [1.54, 1.807) is 6.20 Å². The minimum Gasteiger partial charge on any atom is -0.398 e. The Morgan fingerprint density at radius 2 is 2.18 bits per heavy atom. The maximum Gasteiger partial charge on any atom is 0.0777 e. The SMILES string of the molecule is CCC(C)OCc1ccc(N)c2cccnc12. The molecule has 0 aliphatic carbocycles. The van der Waals surface area contributed by atoms with Crippen LogP contribution in [0, 0.1) is 0 Å². The molecule has 0 bridgehead atoms. The first-order chi connectivity index (χ1) is 8.22. The van der Waals surface area contributed by atoms with Gasteiger partial charge in [0.2, 0.25) is 0 Å². The van der Waals surface area contributed by atoms with Crippen LogP contribution in [0.15, 0.2) is 30.5 Å². The van der Waals surface area contributed by atoms with Crippen LogP contribution in [0.4, 0.5) is 5.69 Å². The van der Waals surface area contributed by atoms with E-state index in [4.69, 9.17) is 10.5 Å². The highest BCUT2D eigenvalue weighted by atomic mass is 16.5. The molecule has 2 aromatic rings. The van der Waals surface area contributed by atoms with E-state index in [1.807, 2.05) is 24.3 Å². The minimum atomic E-state index is 0.270. The summed E-state index contributed by atoms with van der Waals surface area (Å²) in [4.78, 5) is 4.39. The maximum absolute atomic E-state index is 5.93. The Morgan fingerprint density at radius 3 is 2.94 bits per heavy atom. The third-order valence-electron chi connectivity index (χ3n) is 2.99. The average Bonchev–Trinajstić information content (AvgIpc) is 2.38. The third kappa shape index (κ3) is 2.56. The van der Waals surface area contributed by atoms with E-state index in [9.17, 15) is 0 Å². The number of rotatable bonds is 4. The second-order valence-corrected chi connectivity index (χ2v) is 4.24. The smallest absolute Gasteiger partial charge is 0.0777 e. The zero-order valence-corrected chi connectivity index (χ0v) is 10.3. The van der Waals surface area contributed by atoms with E-state index >= 15 is 0 Å². The van der Waals surface area contributed by atoms with Crippen LogP contribution in [0.5, 0.6) is 0 Å². The Morgan fingerprint density at radius 1 is 1.35 bits per heavy atom. The highest BCUT2D eigenvalue weighted by Gasteiger charge is 2.06. The fourth-order valence-corrected chi connectivity index (χ4v) is 1.72. The molecule has 1 aromatic carbocycles. The summed E-state index contributed by atoms with van der Waals surface area (Å²) in [6, 6.07) is 7.80. The fraction of sp³-hybridized carbons (Fsp3) is 0.357. The van der Waals surface area contributed by atoms with Crippen LogP contribution in [-0.2, 0) is 11.3 Å². The second kappa shape index (κ2) is 5.15. The monoisotopic (exact) mass is 230 g/mol. The number of nitrogens with two attached hydrogens (primary N) is 1. The number of anilines is 1. The summed E-state index contributed by atoms with van der Waals surface area (Å²) < 4.78 is 5.74. The Kier molecular flexibility index (Phi) is 3.59. The van der Waals surface area contributed by atoms with Crippen LogP contribution in [0.2, 0.25) is 0 Å². The first-order valence-corrected chi connectivity index (χ1v) is 5.96. The Bertz CT molecular complexity index is 511. The molecule has 3 heteroatoms. The lowest BCUT2D eigenvalue weighted by atomic mass is 10.1. The molecule has 1 unspecified atom stereocenters. The zero-order chi connectivity index (χ0) is 12.3. The molecule has 1 heterocycles. The third-order valence-corrected chi connectivity index (χ3v) is 2.99. The predicted octanol–water partition coefficient (Wildman–Crippen LogP) is 3.13. The lowest BCUT2D eigenvalue weighted by molar-refractivity contribution is 0.0514. The van der Waals surface area contributed by atoms with Crippen molar-refractivity contribution in [1.82, 2.24) is 4.98 Å². The number of hydrogen-bond acceptors (Lipinski definition) is 3. The number of benzene rings is 1. The number of fused-ring (bicyclic) bond motifs is 1. The highest BCUT2D eigenvalue weighted by Crippen LogP contribution is 2.23. The molecule has 0 aliphatic heterocycles. The molecule has 0 spiro atoms. The molecular formula is C14H18N2O. The van der Waals surface area contributed by atoms with Crippen LogP contribution in [0.1, 0.15) is 25.8 Å². The largest absolute Gasteiger partial charge is 0.398 e. The molecule has 1 aromatic heterocycles. The van der Waals surface area contributed by atoms with E-state index in [0.29, 0.717) is 6.61 Å². The van der Waals surface area contributed by atoms with E-state index in [1.165, 1.54) is 0 Å². The lowest BCUT2D eigenvalue weighted by Crippen LogP contribution is -2.06. The molecular weight excluding hydrogens is 212 g/mol. The second-order valence-electron chi connectivity index (χ2n) is 4.24. The summed E-state index contributed by atoms with van der Waals surface area (Å²) in [5.41, 5.74) is 8.72. The molecule has 0 saturated carbocycles. The topological polar surface area (TPSA) is 48.1 Å². The average molecular weight is 230 g/mol. The molecule has 0 fully saturated rings. The van der Waals surface area contributed by atoms with Crippen molar-refractivity contribution in [2.45, 2.75) is 33.0 Å². The Labute approximate surface area is 102 Å². The quantitative estimate of drug-likeness (QED) is 0.821. The van der Waals surface area contributed by atoms with Crippen LogP contribution in [0.3, 0.4) is 0 Å². The Balaban J connectivity index is 2.32. The van der Waals surface area contributed by atoms with Gasteiger partial charge in [0.05, 0.1) is 18.2 Å². The van der Waals surface area contributed by atoms with Gasteiger partial charge < -0.3 is 10.5 Å². The van der Waals surface area contributed by atoms with Crippen LogP contribution in [-0.4, -0.2) is 11.1 Å². The number of aromatic nitrogens is 1. The van der Waals surface area contributed by atoms with Gasteiger partial charge in [-0.25, -0.2) is 0 Å². The number of pyridine rings is 1. The molecule has 17 heavy (non-hydrogen) atoms. The van der Waals surface area contributed by atoms with Crippen molar-refractivity contribution < 1.29 is 4.74 Å². The molecule has 0 radical (unpaired) electrons. The van der Waals surface area contributed by atoms with E-state index in [0.717, 1.165) is 28.6 Å². The van der Waals surface area contributed by atoms with Gasteiger partial charge in [-0.15, -0.1) is 0 Å². The van der Waals surface area contributed by atoms with Crippen LogP contribution in [0.25, 0.3) is 10.9 Å². The molecule has 0 aliphatic rings. The van der Waals surface area contributed by atoms with Gasteiger partial charge in [0.25, 0.3) is 0 Å². The highest BCUT2D eigenvalue weighted by molar-refractivity contribution is 5.92. The first kappa shape index (κ1) is 11.9. The molecule has 2 N–H and O–H groups in total. The first-order valence-electron chi connectivity index (χ1n) is 5.96. The van der Waals surface area contributed by atoms with Crippen molar-refractivity contribution in [2.24, 2.45) is 0 Å². The summed E-state index contributed by atoms with van der Waals surface area (Å²) in [6.07, 6.45) is 3.07. The normalized spacial score (nSPS) is 12.8. The summed E-state index contributed by atoms with van der Waals surface area (Å²) in [5, 5.41) is 0.998. The molecule has 2 rings (SSSR count). The van der Waals surface area contributed by atoms with Crippen LogP contribution >= 0.6 is 0 Å².